The quantitative estimate of drug-likeness (QED) is 0.599. The summed E-state index contributed by atoms with van der Waals surface area (Å²) in [7, 11) is 1.85. The number of thioether (sulfide) groups is 1. The summed E-state index contributed by atoms with van der Waals surface area (Å²) in [5.74, 6) is -0.372. The molecule has 8 heteroatoms. The molecule has 1 heterocycles. The molecule has 3 N–H and O–H groups in total. The van der Waals surface area contributed by atoms with Crippen LogP contribution in [0.1, 0.15) is 6.92 Å². The molecule has 1 aromatic rings. The van der Waals surface area contributed by atoms with Crippen LogP contribution >= 0.6 is 11.8 Å². The van der Waals surface area contributed by atoms with Crippen molar-refractivity contribution < 1.29 is 4.79 Å². The van der Waals surface area contributed by atoms with Crippen molar-refractivity contribution in [2.24, 2.45) is 5.73 Å². The molecular weight excluding hydrogens is 216 g/mol. The highest BCUT2D eigenvalue weighted by Gasteiger charge is 2.15. The number of hydrogen-bond donors (Lipinski definition) is 2. The highest BCUT2D eigenvalue weighted by molar-refractivity contribution is 8.00. The number of rotatable bonds is 6. The molecule has 1 aromatic heterocycles. The number of nitrogens with one attached hydrogen (secondary N) is 1. The average Bonchev–Trinajstić information content (AvgIpc) is 2.62. The number of hydrogen-bond acceptors (Lipinski definition) is 6. The van der Waals surface area contributed by atoms with Gasteiger partial charge in [0.05, 0.1) is 11.8 Å². The fourth-order valence-corrected chi connectivity index (χ4v) is 1.62. The second-order valence-electron chi connectivity index (χ2n) is 2.95. The van der Waals surface area contributed by atoms with E-state index in [1.165, 1.54) is 11.8 Å². The first-order valence-corrected chi connectivity index (χ1v) is 5.40. The van der Waals surface area contributed by atoms with Gasteiger partial charge in [0.2, 0.25) is 11.1 Å². The molecular formula is C7H14N6OS. The number of aromatic nitrogens is 4. The first-order valence-electron chi connectivity index (χ1n) is 4.52. The van der Waals surface area contributed by atoms with Crippen molar-refractivity contribution in [2.45, 2.75) is 23.9 Å². The highest BCUT2D eigenvalue weighted by Crippen LogP contribution is 2.19. The zero-order chi connectivity index (χ0) is 11.3. The molecule has 1 rings (SSSR count). The van der Waals surface area contributed by atoms with Gasteiger partial charge in [0, 0.05) is 6.54 Å². The van der Waals surface area contributed by atoms with Crippen molar-refractivity contribution in [3.63, 3.8) is 0 Å². The Morgan fingerprint density at radius 2 is 2.47 bits per heavy atom. The van der Waals surface area contributed by atoms with E-state index in [1.54, 1.807) is 11.6 Å². The first kappa shape index (κ1) is 11.9. The Balaban J connectivity index is 2.60. The number of amides is 1. The van der Waals surface area contributed by atoms with E-state index in [2.05, 4.69) is 20.8 Å². The second-order valence-corrected chi connectivity index (χ2v) is 4.26. The predicted octanol–water partition coefficient (Wildman–Crippen LogP) is -1.14. The van der Waals surface area contributed by atoms with E-state index >= 15 is 0 Å². The summed E-state index contributed by atoms with van der Waals surface area (Å²) in [5, 5.41) is 14.4. The summed E-state index contributed by atoms with van der Waals surface area (Å²) in [6.45, 7) is 3.16. The average molecular weight is 230 g/mol. The SMILES string of the molecule is CNCCn1nnnc1SC(C)C(N)=O. The normalized spacial score (nSPS) is 12.7. The Morgan fingerprint density at radius 1 is 1.73 bits per heavy atom. The van der Waals surface area contributed by atoms with E-state index in [0.717, 1.165) is 6.54 Å². The van der Waals surface area contributed by atoms with Gasteiger partial charge in [0.15, 0.2) is 0 Å². The maximum atomic E-state index is 10.9. The number of carbonyl (C=O) groups excluding carboxylic acids is 1. The summed E-state index contributed by atoms with van der Waals surface area (Å²) < 4.78 is 1.64. The summed E-state index contributed by atoms with van der Waals surface area (Å²) in [4.78, 5) is 10.9. The van der Waals surface area contributed by atoms with Crippen LogP contribution in [0.4, 0.5) is 0 Å². The van der Waals surface area contributed by atoms with Crippen LogP contribution in [0.15, 0.2) is 5.16 Å². The molecule has 7 nitrogen and oxygen atoms in total. The molecule has 0 spiro atoms. The summed E-state index contributed by atoms with van der Waals surface area (Å²) in [5.41, 5.74) is 5.15. The van der Waals surface area contributed by atoms with Gasteiger partial charge in [-0.2, -0.15) is 0 Å². The van der Waals surface area contributed by atoms with Crippen molar-refractivity contribution in [2.75, 3.05) is 13.6 Å². The number of nitrogens with zero attached hydrogens (tertiary/aromatic N) is 4. The summed E-state index contributed by atoms with van der Waals surface area (Å²) in [6, 6.07) is 0. The van der Waals surface area contributed by atoms with E-state index in [1.807, 2.05) is 7.05 Å². The third-order valence-electron chi connectivity index (χ3n) is 1.76. The van der Waals surface area contributed by atoms with Crippen LogP contribution in [0.25, 0.3) is 0 Å². The summed E-state index contributed by atoms with van der Waals surface area (Å²) >= 11 is 1.26. The van der Waals surface area contributed by atoms with Crippen LogP contribution in [0.5, 0.6) is 0 Å². The first-order chi connectivity index (χ1) is 7.15. The van der Waals surface area contributed by atoms with Crippen LogP contribution in [0.3, 0.4) is 0 Å². The fraction of sp³-hybridized carbons (Fsp3) is 0.714. The van der Waals surface area contributed by atoms with Crippen molar-refractivity contribution >= 4 is 17.7 Å². The zero-order valence-corrected chi connectivity index (χ0v) is 9.49. The molecule has 0 fully saturated rings. The lowest BCUT2D eigenvalue weighted by atomic mass is 10.5. The largest absolute Gasteiger partial charge is 0.369 e. The Morgan fingerprint density at radius 3 is 3.07 bits per heavy atom. The van der Waals surface area contributed by atoms with Crippen molar-refractivity contribution in [1.29, 1.82) is 0 Å². The van der Waals surface area contributed by atoms with Crippen molar-refractivity contribution in [3.8, 4) is 0 Å². The molecule has 84 valence electrons. The lowest BCUT2D eigenvalue weighted by molar-refractivity contribution is -0.117. The molecule has 1 unspecified atom stereocenters. The van der Waals surface area contributed by atoms with Gasteiger partial charge >= 0.3 is 0 Å². The van der Waals surface area contributed by atoms with E-state index in [0.29, 0.717) is 11.7 Å². The molecule has 0 bridgehead atoms. The van der Waals surface area contributed by atoms with Crippen molar-refractivity contribution in [3.05, 3.63) is 0 Å². The van der Waals surface area contributed by atoms with Gasteiger partial charge in [0.1, 0.15) is 0 Å². The van der Waals surface area contributed by atoms with Crippen LogP contribution in [0, 0.1) is 0 Å². The van der Waals surface area contributed by atoms with Gasteiger partial charge in [0.25, 0.3) is 0 Å². The smallest absolute Gasteiger partial charge is 0.230 e. The Labute approximate surface area is 91.8 Å². The number of tetrazole rings is 1. The second kappa shape index (κ2) is 5.66. The van der Waals surface area contributed by atoms with Crippen LogP contribution in [-0.2, 0) is 11.3 Å². The fourth-order valence-electron chi connectivity index (χ4n) is 0.855. The topological polar surface area (TPSA) is 98.7 Å². The minimum atomic E-state index is -0.372. The van der Waals surface area contributed by atoms with Gasteiger partial charge in [-0.3, -0.25) is 4.79 Å². The Bertz CT molecular complexity index is 327. The lowest BCUT2D eigenvalue weighted by Gasteiger charge is -2.06. The number of primary amides is 1. The summed E-state index contributed by atoms with van der Waals surface area (Å²) in [6.07, 6.45) is 0. The van der Waals surface area contributed by atoms with Gasteiger partial charge < -0.3 is 11.1 Å². The predicted molar refractivity (Wildman–Crippen MR) is 56.3 cm³/mol. The molecule has 1 amide bonds. The molecule has 0 aromatic carbocycles. The van der Waals surface area contributed by atoms with Crippen LogP contribution in [-0.4, -0.2) is 45.0 Å². The third-order valence-corrected chi connectivity index (χ3v) is 2.84. The van der Waals surface area contributed by atoms with E-state index in [9.17, 15) is 4.79 Å². The van der Waals surface area contributed by atoms with Crippen LogP contribution in [0.2, 0.25) is 0 Å². The number of nitrogens with two attached hydrogens (primary N) is 1. The minimum Gasteiger partial charge on any atom is -0.369 e. The number of carbonyl (C=O) groups is 1. The Hall–Kier alpha value is -1.15. The standard InChI is InChI=1S/C7H14N6OS/c1-5(6(8)14)15-7-10-11-12-13(7)4-3-9-2/h5,9H,3-4H2,1-2H3,(H2,8,14). The van der Waals surface area contributed by atoms with Crippen LogP contribution < -0.4 is 11.1 Å². The van der Waals surface area contributed by atoms with Gasteiger partial charge in [-0.05, 0) is 24.4 Å². The molecule has 0 saturated heterocycles. The molecule has 15 heavy (non-hydrogen) atoms. The molecule has 0 saturated carbocycles. The third kappa shape index (κ3) is 3.48. The monoisotopic (exact) mass is 230 g/mol. The van der Waals surface area contributed by atoms with E-state index in [-0.39, 0.29) is 11.2 Å². The molecule has 0 aliphatic carbocycles. The van der Waals surface area contributed by atoms with Gasteiger partial charge in [-0.1, -0.05) is 11.8 Å². The molecule has 1 atom stereocenters. The maximum absolute atomic E-state index is 10.9. The minimum absolute atomic E-state index is 0.329. The molecule has 0 aliphatic rings. The van der Waals surface area contributed by atoms with E-state index in [4.69, 9.17) is 5.73 Å². The van der Waals surface area contributed by atoms with Gasteiger partial charge in [-0.15, -0.1) is 5.10 Å². The Kier molecular flexibility index (Phi) is 4.50. The maximum Gasteiger partial charge on any atom is 0.230 e. The van der Waals surface area contributed by atoms with Gasteiger partial charge in [-0.25, -0.2) is 4.68 Å². The lowest BCUT2D eigenvalue weighted by Crippen LogP contribution is -2.23. The highest BCUT2D eigenvalue weighted by atomic mass is 32.2. The van der Waals surface area contributed by atoms with Crippen molar-refractivity contribution in [1.82, 2.24) is 25.5 Å². The number of likely N-dealkylation sites (N-methyl/N-ethyl adjacent to an activating group) is 1. The molecule has 0 radical (unpaired) electrons. The molecule has 0 aliphatic heterocycles. The van der Waals surface area contributed by atoms with E-state index < -0.39 is 0 Å². The zero-order valence-electron chi connectivity index (χ0n) is 8.67.